The fourth-order valence-corrected chi connectivity index (χ4v) is 1.21. The molecule has 0 aliphatic rings. The molecule has 0 heterocycles. The molecule has 1 atom stereocenters. The van der Waals surface area contributed by atoms with Crippen LogP contribution in [0.25, 0.3) is 0 Å². The minimum Gasteiger partial charge on any atom is -0.394 e. The quantitative estimate of drug-likeness (QED) is 0.463. The van der Waals surface area contributed by atoms with Crippen molar-refractivity contribution in [1.29, 1.82) is 0 Å². The summed E-state index contributed by atoms with van der Waals surface area (Å²) >= 11 is 0. The van der Waals surface area contributed by atoms with Crippen molar-refractivity contribution in [2.45, 2.75) is 26.4 Å². The molecule has 0 saturated heterocycles. The summed E-state index contributed by atoms with van der Waals surface area (Å²) < 4.78 is 5.05. The number of hydrogen-bond acceptors (Lipinski definition) is 4. The molecule has 0 radical (unpaired) electrons. The number of rotatable bonds is 9. The van der Waals surface area contributed by atoms with E-state index in [0.717, 1.165) is 13.0 Å². The zero-order valence-corrected chi connectivity index (χ0v) is 9.20. The van der Waals surface area contributed by atoms with Crippen molar-refractivity contribution in [3.8, 4) is 0 Å². The van der Waals surface area contributed by atoms with Crippen LogP contribution in [-0.4, -0.2) is 49.2 Å². The Bertz CT molecular complexity index is 120. The molecule has 0 aromatic carbocycles. The van der Waals surface area contributed by atoms with Gasteiger partial charge in [0, 0.05) is 13.1 Å². The first kappa shape index (κ1) is 13.8. The van der Waals surface area contributed by atoms with Crippen molar-refractivity contribution in [3.63, 3.8) is 0 Å². The van der Waals surface area contributed by atoms with Crippen LogP contribution in [0.15, 0.2) is 0 Å². The monoisotopic (exact) mass is 205 g/mol. The van der Waals surface area contributed by atoms with E-state index in [-0.39, 0.29) is 12.7 Å². The predicted octanol–water partition coefficient (Wildman–Crippen LogP) is -0.00810. The molecule has 0 aromatic heterocycles. The van der Waals surface area contributed by atoms with E-state index in [1.54, 1.807) is 0 Å². The van der Waals surface area contributed by atoms with Gasteiger partial charge in [-0.25, -0.2) is 0 Å². The van der Waals surface area contributed by atoms with Gasteiger partial charge in [-0.05, 0) is 12.3 Å². The van der Waals surface area contributed by atoms with Gasteiger partial charge < -0.3 is 20.3 Å². The Labute approximate surface area is 86.3 Å². The summed E-state index contributed by atoms with van der Waals surface area (Å²) in [6.07, 6.45) is 0.553. The van der Waals surface area contributed by atoms with Gasteiger partial charge in [-0.3, -0.25) is 0 Å². The van der Waals surface area contributed by atoms with Crippen LogP contribution in [-0.2, 0) is 4.74 Å². The number of hydrogen-bond donors (Lipinski definition) is 3. The molecule has 0 fully saturated rings. The SMILES string of the molecule is CC(C)CC(O)CNCCOCCO. The van der Waals surface area contributed by atoms with Crippen molar-refractivity contribution < 1.29 is 14.9 Å². The minimum atomic E-state index is -0.271. The van der Waals surface area contributed by atoms with Crippen LogP contribution in [0.5, 0.6) is 0 Å². The summed E-state index contributed by atoms with van der Waals surface area (Å²) in [4.78, 5) is 0. The number of nitrogens with one attached hydrogen (secondary N) is 1. The van der Waals surface area contributed by atoms with Crippen LogP contribution in [0.4, 0.5) is 0 Å². The van der Waals surface area contributed by atoms with Crippen LogP contribution in [0, 0.1) is 5.92 Å². The highest BCUT2D eigenvalue weighted by Gasteiger charge is 2.05. The summed E-state index contributed by atoms with van der Waals surface area (Å²) in [7, 11) is 0. The molecule has 0 amide bonds. The van der Waals surface area contributed by atoms with Gasteiger partial charge in [0.15, 0.2) is 0 Å². The van der Waals surface area contributed by atoms with E-state index < -0.39 is 0 Å². The summed E-state index contributed by atoms with van der Waals surface area (Å²) in [6, 6.07) is 0. The molecule has 0 bridgehead atoms. The lowest BCUT2D eigenvalue weighted by Crippen LogP contribution is -2.30. The van der Waals surface area contributed by atoms with Gasteiger partial charge in [0.25, 0.3) is 0 Å². The van der Waals surface area contributed by atoms with Crippen LogP contribution in [0.1, 0.15) is 20.3 Å². The van der Waals surface area contributed by atoms with Crippen LogP contribution in [0.3, 0.4) is 0 Å². The van der Waals surface area contributed by atoms with Crippen molar-refractivity contribution >= 4 is 0 Å². The van der Waals surface area contributed by atoms with Crippen LogP contribution < -0.4 is 5.32 Å². The maximum absolute atomic E-state index is 9.48. The summed E-state index contributed by atoms with van der Waals surface area (Å²) in [5, 5.41) is 21.0. The minimum absolute atomic E-state index is 0.0655. The second kappa shape index (κ2) is 9.40. The lowest BCUT2D eigenvalue weighted by molar-refractivity contribution is 0.0897. The van der Waals surface area contributed by atoms with Crippen molar-refractivity contribution in [2.24, 2.45) is 5.92 Å². The van der Waals surface area contributed by atoms with E-state index in [0.29, 0.717) is 25.7 Å². The van der Waals surface area contributed by atoms with E-state index in [1.165, 1.54) is 0 Å². The molecular formula is C10H23NO3. The van der Waals surface area contributed by atoms with Crippen molar-refractivity contribution in [1.82, 2.24) is 5.32 Å². The third kappa shape index (κ3) is 9.92. The first-order valence-electron chi connectivity index (χ1n) is 5.24. The van der Waals surface area contributed by atoms with Crippen molar-refractivity contribution in [3.05, 3.63) is 0 Å². The fourth-order valence-electron chi connectivity index (χ4n) is 1.21. The molecule has 86 valence electrons. The highest BCUT2D eigenvalue weighted by atomic mass is 16.5. The molecule has 0 aliphatic heterocycles. The Kier molecular flexibility index (Phi) is 9.29. The molecule has 0 rings (SSSR count). The molecule has 1 unspecified atom stereocenters. The Balaban J connectivity index is 3.10. The second-order valence-electron chi connectivity index (χ2n) is 3.82. The molecular weight excluding hydrogens is 182 g/mol. The predicted molar refractivity (Wildman–Crippen MR) is 56.2 cm³/mol. The molecule has 0 saturated carbocycles. The maximum atomic E-state index is 9.48. The summed E-state index contributed by atoms with van der Waals surface area (Å²) in [5.41, 5.74) is 0. The second-order valence-corrected chi connectivity index (χ2v) is 3.82. The summed E-state index contributed by atoms with van der Waals surface area (Å²) in [5.74, 6) is 0.525. The van der Waals surface area contributed by atoms with E-state index in [4.69, 9.17) is 9.84 Å². The zero-order valence-electron chi connectivity index (χ0n) is 9.20. The van der Waals surface area contributed by atoms with Gasteiger partial charge >= 0.3 is 0 Å². The Morgan fingerprint density at radius 2 is 2.00 bits per heavy atom. The average molecular weight is 205 g/mol. The third-order valence-electron chi connectivity index (χ3n) is 1.78. The van der Waals surface area contributed by atoms with Crippen LogP contribution >= 0.6 is 0 Å². The fraction of sp³-hybridized carbons (Fsp3) is 1.00. The first-order chi connectivity index (χ1) is 6.66. The number of aliphatic hydroxyl groups excluding tert-OH is 2. The Morgan fingerprint density at radius 1 is 1.29 bits per heavy atom. The molecule has 0 spiro atoms. The van der Waals surface area contributed by atoms with Gasteiger partial charge in [-0.15, -0.1) is 0 Å². The topological polar surface area (TPSA) is 61.7 Å². The Hall–Kier alpha value is -0.160. The molecule has 0 aromatic rings. The zero-order chi connectivity index (χ0) is 10.8. The maximum Gasteiger partial charge on any atom is 0.0698 e. The van der Waals surface area contributed by atoms with Crippen LogP contribution in [0.2, 0.25) is 0 Å². The standard InChI is InChI=1S/C10H23NO3/c1-9(2)7-10(13)8-11-3-5-14-6-4-12/h9-13H,3-8H2,1-2H3. The molecule has 4 heteroatoms. The summed E-state index contributed by atoms with van der Waals surface area (Å²) in [6.45, 7) is 6.54. The van der Waals surface area contributed by atoms with Gasteiger partial charge in [0.2, 0.25) is 0 Å². The van der Waals surface area contributed by atoms with E-state index >= 15 is 0 Å². The molecule has 3 N–H and O–H groups in total. The number of ether oxygens (including phenoxy) is 1. The highest BCUT2D eigenvalue weighted by Crippen LogP contribution is 2.02. The average Bonchev–Trinajstić information content (AvgIpc) is 2.10. The third-order valence-corrected chi connectivity index (χ3v) is 1.78. The smallest absolute Gasteiger partial charge is 0.0698 e. The molecule has 0 aliphatic carbocycles. The Morgan fingerprint density at radius 3 is 2.57 bits per heavy atom. The number of aliphatic hydroxyl groups is 2. The van der Waals surface area contributed by atoms with Gasteiger partial charge in [0.1, 0.15) is 0 Å². The molecule has 14 heavy (non-hydrogen) atoms. The van der Waals surface area contributed by atoms with E-state index in [2.05, 4.69) is 19.2 Å². The van der Waals surface area contributed by atoms with Gasteiger partial charge in [0.05, 0.1) is 25.9 Å². The normalized spacial score (nSPS) is 13.5. The van der Waals surface area contributed by atoms with Gasteiger partial charge in [-0.2, -0.15) is 0 Å². The largest absolute Gasteiger partial charge is 0.394 e. The van der Waals surface area contributed by atoms with E-state index in [9.17, 15) is 5.11 Å². The molecule has 4 nitrogen and oxygen atoms in total. The lowest BCUT2D eigenvalue weighted by atomic mass is 10.1. The van der Waals surface area contributed by atoms with Crippen molar-refractivity contribution in [2.75, 3.05) is 32.9 Å². The highest BCUT2D eigenvalue weighted by molar-refractivity contribution is 4.61. The van der Waals surface area contributed by atoms with E-state index in [1.807, 2.05) is 0 Å². The first-order valence-corrected chi connectivity index (χ1v) is 5.24. The van der Waals surface area contributed by atoms with Gasteiger partial charge in [-0.1, -0.05) is 13.8 Å². The lowest BCUT2D eigenvalue weighted by Gasteiger charge is -2.13.